The third kappa shape index (κ3) is 4.22. The van der Waals surface area contributed by atoms with Gasteiger partial charge in [-0.25, -0.2) is 0 Å². The van der Waals surface area contributed by atoms with Crippen LogP contribution in [-0.4, -0.2) is 46.9 Å². The second-order valence-corrected chi connectivity index (χ2v) is 5.19. The molecule has 1 unspecified atom stereocenters. The maximum Gasteiger partial charge on any atom is 0.414 e. The van der Waals surface area contributed by atoms with E-state index in [1.54, 1.807) is 0 Å². The molecule has 1 heterocycles. The van der Waals surface area contributed by atoms with Gasteiger partial charge in [0.15, 0.2) is 0 Å². The van der Waals surface area contributed by atoms with Gasteiger partial charge in [0.2, 0.25) is 0 Å². The molecule has 0 radical (unpaired) electrons. The summed E-state index contributed by atoms with van der Waals surface area (Å²) in [5.74, 6) is -1.71. The number of hydrogen-bond acceptors (Lipinski definition) is 6. The lowest BCUT2D eigenvalue weighted by Crippen LogP contribution is -2.42. The van der Waals surface area contributed by atoms with Gasteiger partial charge in [-0.2, -0.15) is 9.98 Å². The number of aliphatic imine (C=N–C) groups is 2. The number of aliphatic hydroxyl groups is 1. The van der Waals surface area contributed by atoms with Gasteiger partial charge in [0.1, 0.15) is 0 Å². The summed E-state index contributed by atoms with van der Waals surface area (Å²) < 4.78 is 0. The van der Waals surface area contributed by atoms with Crippen LogP contribution >= 0.6 is 12.4 Å². The van der Waals surface area contributed by atoms with Crippen molar-refractivity contribution in [2.45, 2.75) is 56.5 Å². The molecule has 1 saturated carbocycles. The molecule has 1 aliphatic heterocycles. The molecule has 1 aliphatic carbocycles. The summed E-state index contributed by atoms with van der Waals surface area (Å²) in [6.07, 6.45) is 7.63. The molecular formula is C12H21ClN4O3. The zero-order valence-corrected chi connectivity index (χ0v) is 12.1. The zero-order chi connectivity index (χ0) is 13.7. The first-order valence-electron chi connectivity index (χ1n) is 6.77. The number of halogens is 1. The van der Waals surface area contributed by atoms with Gasteiger partial charge in [-0.05, 0) is 12.8 Å². The van der Waals surface area contributed by atoms with E-state index in [1.165, 1.54) is 31.7 Å². The molecule has 1 fully saturated rings. The Kier molecular flexibility index (Phi) is 6.51. The average Bonchev–Trinajstić information content (AvgIpc) is 2.87. The Morgan fingerprint density at radius 2 is 1.95 bits per heavy atom. The van der Waals surface area contributed by atoms with Gasteiger partial charge in [-0.3, -0.25) is 10.1 Å². The highest BCUT2D eigenvalue weighted by atomic mass is 35.5. The first kappa shape index (κ1) is 17.0. The van der Waals surface area contributed by atoms with Crippen molar-refractivity contribution >= 4 is 24.8 Å². The molecule has 2 N–H and O–H groups in total. The van der Waals surface area contributed by atoms with Crippen molar-refractivity contribution in [3.63, 3.8) is 0 Å². The van der Waals surface area contributed by atoms with Crippen molar-refractivity contribution in [2.24, 2.45) is 9.98 Å². The molecule has 2 aliphatic rings. The Morgan fingerprint density at radius 3 is 2.50 bits per heavy atom. The third-order valence-corrected chi connectivity index (χ3v) is 3.68. The molecule has 0 saturated heterocycles. The average molecular weight is 305 g/mol. The van der Waals surface area contributed by atoms with E-state index in [2.05, 4.69) is 15.3 Å². The molecule has 0 bridgehead atoms. The highest BCUT2D eigenvalue weighted by molar-refractivity contribution is 6.17. The van der Waals surface area contributed by atoms with Crippen molar-refractivity contribution in [3.8, 4) is 0 Å². The predicted molar refractivity (Wildman–Crippen MR) is 79.5 cm³/mol. The van der Waals surface area contributed by atoms with Crippen LogP contribution in [-0.2, 0) is 0 Å². The van der Waals surface area contributed by atoms with Crippen molar-refractivity contribution in [3.05, 3.63) is 10.1 Å². The molecule has 1 atom stereocenters. The number of nitrogens with one attached hydrogen (secondary N) is 1. The topological polar surface area (TPSA) is 100 Å². The number of rotatable bonds is 6. The van der Waals surface area contributed by atoms with Crippen LogP contribution in [0.2, 0.25) is 0 Å². The second kappa shape index (κ2) is 7.66. The molecule has 114 valence electrons. The first-order chi connectivity index (χ1) is 9.12. The van der Waals surface area contributed by atoms with Gasteiger partial charge in [0, 0.05) is 25.0 Å². The van der Waals surface area contributed by atoms with Crippen LogP contribution in [0.15, 0.2) is 9.98 Å². The van der Waals surface area contributed by atoms with Gasteiger partial charge in [-0.1, -0.05) is 19.3 Å². The standard InChI is InChI=1S/C12H20N4O3.ClH/c17-11(9-13-10-4-2-1-3-5-10)8-12(16(18)19)14-6-7-15-12;/h6-7,10-11,13,17H,1-5,8-9H2;1H. The van der Waals surface area contributed by atoms with E-state index in [9.17, 15) is 15.2 Å². The summed E-state index contributed by atoms with van der Waals surface area (Å²) in [5, 5.41) is 24.2. The summed E-state index contributed by atoms with van der Waals surface area (Å²) in [6.45, 7) is 0.352. The lowest BCUT2D eigenvalue weighted by molar-refractivity contribution is -0.568. The van der Waals surface area contributed by atoms with Crippen LogP contribution < -0.4 is 5.32 Å². The Balaban J connectivity index is 0.00000200. The lowest BCUT2D eigenvalue weighted by atomic mass is 9.95. The fourth-order valence-electron chi connectivity index (χ4n) is 2.61. The molecule has 0 aromatic carbocycles. The summed E-state index contributed by atoms with van der Waals surface area (Å²) >= 11 is 0. The van der Waals surface area contributed by atoms with E-state index in [0.29, 0.717) is 12.6 Å². The van der Waals surface area contributed by atoms with E-state index >= 15 is 0 Å². The van der Waals surface area contributed by atoms with Gasteiger partial charge >= 0.3 is 5.79 Å². The fraction of sp³-hybridized carbons (Fsp3) is 0.833. The Labute approximate surface area is 124 Å². The maximum absolute atomic E-state index is 11.0. The van der Waals surface area contributed by atoms with E-state index in [1.807, 2.05) is 0 Å². The quantitative estimate of drug-likeness (QED) is 0.568. The van der Waals surface area contributed by atoms with Crippen LogP contribution in [0.3, 0.4) is 0 Å². The largest absolute Gasteiger partial charge is 0.414 e. The predicted octanol–water partition coefficient (Wildman–Crippen LogP) is 1.17. The zero-order valence-electron chi connectivity index (χ0n) is 11.3. The van der Waals surface area contributed by atoms with Crippen LogP contribution in [0, 0.1) is 10.1 Å². The number of nitrogens with zero attached hydrogens (tertiary/aromatic N) is 3. The van der Waals surface area contributed by atoms with Crippen LogP contribution in [0.4, 0.5) is 0 Å². The first-order valence-corrected chi connectivity index (χ1v) is 6.77. The molecule has 0 spiro atoms. The lowest BCUT2D eigenvalue weighted by Gasteiger charge is -2.25. The Bertz CT molecular complexity index is 371. The monoisotopic (exact) mass is 304 g/mol. The van der Waals surface area contributed by atoms with Gasteiger partial charge in [0.05, 0.1) is 17.4 Å². The number of hydrogen-bond donors (Lipinski definition) is 2. The van der Waals surface area contributed by atoms with Crippen molar-refractivity contribution in [1.82, 2.24) is 5.32 Å². The fourth-order valence-corrected chi connectivity index (χ4v) is 2.61. The SMILES string of the molecule is Cl.O=[N+]([O-])C1(CC(O)CNC2CCCCC2)N=CC=N1. The minimum Gasteiger partial charge on any atom is -0.391 e. The Hall–Kier alpha value is -1.05. The molecule has 0 aromatic rings. The molecule has 2 rings (SSSR count). The van der Waals surface area contributed by atoms with E-state index in [-0.39, 0.29) is 18.8 Å². The second-order valence-electron chi connectivity index (χ2n) is 5.19. The molecule has 7 nitrogen and oxygen atoms in total. The molecule has 20 heavy (non-hydrogen) atoms. The van der Waals surface area contributed by atoms with Gasteiger partial charge in [0.25, 0.3) is 0 Å². The van der Waals surface area contributed by atoms with E-state index in [4.69, 9.17) is 0 Å². The molecule has 0 amide bonds. The summed E-state index contributed by atoms with van der Waals surface area (Å²) in [7, 11) is 0. The smallest absolute Gasteiger partial charge is 0.391 e. The molecular weight excluding hydrogens is 284 g/mol. The molecule has 8 heteroatoms. The van der Waals surface area contributed by atoms with Gasteiger partial charge in [-0.15, -0.1) is 12.4 Å². The Morgan fingerprint density at radius 1 is 1.35 bits per heavy atom. The maximum atomic E-state index is 11.0. The van der Waals surface area contributed by atoms with Crippen LogP contribution in [0.1, 0.15) is 38.5 Å². The number of nitro groups is 1. The van der Waals surface area contributed by atoms with E-state index in [0.717, 1.165) is 12.8 Å². The minimum atomic E-state index is -1.71. The normalized spacial score (nSPS) is 22.4. The van der Waals surface area contributed by atoms with Crippen molar-refractivity contribution < 1.29 is 10.0 Å². The van der Waals surface area contributed by atoms with Crippen molar-refractivity contribution in [2.75, 3.05) is 6.54 Å². The van der Waals surface area contributed by atoms with Crippen LogP contribution in [0.25, 0.3) is 0 Å². The van der Waals surface area contributed by atoms with E-state index < -0.39 is 16.8 Å². The van der Waals surface area contributed by atoms with Gasteiger partial charge < -0.3 is 10.4 Å². The summed E-state index contributed by atoms with van der Waals surface area (Å²) in [4.78, 5) is 18.0. The highest BCUT2D eigenvalue weighted by Crippen LogP contribution is 2.23. The highest BCUT2D eigenvalue weighted by Gasteiger charge is 2.45. The summed E-state index contributed by atoms with van der Waals surface area (Å²) in [5.41, 5.74) is 0. The van der Waals surface area contributed by atoms with Crippen LogP contribution in [0.5, 0.6) is 0 Å². The minimum absolute atomic E-state index is 0. The van der Waals surface area contributed by atoms with Crippen molar-refractivity contribution in [1.29, 1.82) is 0 Å². The summed E-state index contributed by atoms with van der Waals surface area (Å²) in [6, 6.07) is 0.422. The third-order valence-electron chi connectivity index (χ3n) is 3.68. The number of aliphatic hydroxyl groups excluding tert-OH is 1. The molecule has 0 aromatic heterocycles.